The van der Waals surface area contributed by atoms with Crippen molar-refractivity contribution in [2.24, 2.45) is 0 Å². The third kappa shape index (κ3) is 2.99. The van der Waals surface area contributed by atoms with Gasteiger partial charge in [0.2, 0.25) is 5.91 Å². The van der Waals surface area contributed by atoms with E-state index in [0.29, 0.717) is 6.42 Å². The van der Waals surface area contributed by atoms with Crippen LogP contribution < -0.4 is 5.73 Å². The lowest BCUT2D eigenvalue weighted by Crippen LogP contribution is -2.42. The van der Waals surface area contributed by atoms with Gasteiger partial charge < -0.3 is 4.90 Å². The number of hydrogen-bond donors (Lipinski definition) is 0. The smallest absolute Gasteiger partial charge is 0.241 e. The van der Waals surface area contributed by atoms with Gasteiger partial charge in [-0.05, 0) is 25.7 Å². The number of amides is 1. The molecule has 75 valence electrons. The predicted molar refractivity (Wildman–Crippen MR) is 52.2 cm³/mol. The number of carbonyl (C=O) groups excluding carboxylic acids is 1. The second-order valence-corrected chi connectivity index (χ2v) is 3.73. The van der Waals surface area contributed by atoms with Gasteiger partial charge >= 0.3 is 0 Å². The molecule has 1 rings (SSSR count). The number of hydrogen-bond acceptors (Lipinski definition) is 1. The van der Waals surface area contributed by atoms with Crippen molar-refractivity contribution in [3.05, 3.63) is 0 Å². The van der Waals surface area contributed by atoms with E-state index in [-0.39, 0.29) is 5.91 Å². The monoisotopic (exact) mass is 183 g/mol. The quantitative estimate of drug-likeness (QED) is 0.653. The summed E-state index contributed by atoms with van der Waals surface area (Å²) >= 11 is 0. The van der Waals surface area contributed by atoms with E-state index in [1.54, 1.807) is 0 Å². The van der Waals surface area contributed by atoms with E-state index in [2.05, 4.69) is 0 Å². The normalized spacial score (nSPS) is 20.0. The molecule has 1 atom stereocenters. The van der Waals surface area contributed by atoms with Gasteiger partial charge in [-0.3, -0.25) is 4.79 Å². The largest absolute Gasteiger partial charge is 0.341 e. The van der Waals surface area contributed by atoms with Crippen molar-refractivity contribution in [2.75, 3.05) is 13.1 Å². The Morgan fingerprint density at radius 1 is 1.38 bits per heavy atom. The summed E-state index contributed by atoms with van der Waals surface area (Å²) in [5.41, 5.74) is 7.62. The maximum atomic E-state index is 11.6. The number of carbonyl (C=O) groups is 1. The topological polar surface area (TPSA) is 44.1 Å². The Morgan fingerprint density at radius 3 is 2.54 bits per heavy atom. The number of piperidine rings is 1. The molecule has 0 aromatic heterocycles. The van der Waals surface area contributed by atoms with Gasteiger partial charge in [0, 0.05) is 13.1 Å². The van der Waals surface area contributed by atoms with Crippen molar-refractivity contribution in [3.8, 4) is 0 Å². The van der Waals surface area contributed by atoms with Gasteiger partial charge in [-0.2, -0.15) is 0 Å². The lowest BCUT2D eigenvalue weighted by atomic mass is 10.1. The van der Waals surface area contributed by atoms with Gasteiger partial charge in [-0.25, -0.2) is 5.73 Å². The van der Waals surface area contributed by atoms with Crippen LogP contribution in [0.5, 0.6) is 0 Å². The first kappa shape index (κ1) is 10.5. The maximum absolute atomic E-state index is 11.6. The first-order valence-electron chi connectivity index (χ1n) is 5.25. The molecule has 0 bridgehead atoms. The van der Waals surface area contributed by atoms with Gasteiger partial charge in [-0.1, -0.05) is 13.3 Å². The van der Waals surface area contributed by atoms with Crippen LogP contribution in [-0.4, -0.2) is 29.9 Å². The van der Waals surface area contributed by atoms with Crippen LogP contribution in [0.4, 0.5) is 0 Å². The molecule has 3 heteroatoms. The highest BCUT2D eigenvalue weighted by Gasteiger charge is 2.21. The zero-order valence-corrected chi connectivity index (χ0v) is 8.38. The molecule has 3 nitrogen and oxygen atoms in total. The summed E-state index contributed by atoms with van der Waals surface area (Å²) in [6, 6.07) is -0.511. The summed E-state index contributed by atoms with van der Waals surface area (Å²) in [5, 5.41) is 0. The average molecular weight is 183 g/mol. The van der Waals surface area contributed by atoms with E-state index in [4.69, 9.17) is 5.73 Å². The molecule has 1 fully saturated rings. The highest BCUT2D eigenvalue weighted by molar-refractivity contribution is 5.81. The number of rotatable bonds is 3. The zero-order chi connectivity index (χ0) is 9.68. The second kappa shape index (κ2) is 5.22. The molecule has 13 heavy (non-hydrogen) atoms. The molecule has 0 aromatic carbocycles. The minimum Gasteiger partial charge on any atom is -0.341 e. The first-order chi connectivity index (χ1) is 6.25. The minimum absolute atomic E-state index is 0.0431. The lowest BCUT2D eigenvalue weighted by molar-refractivity contribution is -0.133. The van der Waals surface area contributed by atoms with Gasteiger partial charge in [-0.15, -0.1) is 0 Å². The molecule has 1 N–H and O–H groups in total. The van der Waals surface area contributed by atoms with Crippen LogP contribution in [0.2, 0.25) is 0 Å². The van der Waals surface area contributed by atoms with E-state index in [0.717, 1.165) is 32.4 Å². The number of likely N-dealkylation sites (tertiary alicyclic amines) is 1. The van der Waals surface area contributed by atoms with Gasteiger partial charge in [0.1, 0.15) is 6.04 Å². The van der Waals surface area contributed by atoms with Crippen molar-refractivity contribution in [1.82, 2.24) is 10.6 Å². The molecule has 1 aliphatic heterocycles. The summed E-state index contributed by atoms with van der Waals surface area (Å²) in [4.78, 5) is 13.5. The SMILES string of the molecule is CCCC([NH])C(=O)N1CCCCC1. The van der Waals surface area contributed by atoms with Crippen molar-refractivity contribution in [1.29, 1.82) is 0 Å². The van der Waals surface area contributed by atoms with Gasteiger partial charge in [0.25, 0.3) is 0 Å². The summed E-state index contributed by atoms with van der Waals surface area (Å²) in [5.74, 6) is 0.0431. The third-order valence-electron chi connectivity index (χ3n) is 2.54. The van der Waals surface area contributed by atoms with Crippen molar-refractivity contribution in [3.63, 3.8) is 0 Å². The van der Waals surface area contributed by atoms with Crippen LogP contribution in [0.15, 0.2) is 0 Å². The third-order valence-corrected chi connectivity index (χ3v) is 2.54. The maximum Gasteiger partial charge on any atom is 0.241 e. The van der Waals surface area contributed by atoms with Crippen LogP contribution in [0.1, 0.15) is 39.0 Å². The Kier molecular flexibility index (Phi) is 4.22. The Bertz CT molecular complexity index is 164. The highest BCUT2D eigenvalue weighted by Crippen LogP contribution is 2.11. The molecule has 1 saturated heterocycles. The predicted octanol–water partition coefficient (Wildman–Crippen LogP) is 1.45. The Morgan fingerprint density at radius 2 is 2.00 bits per heavy atom. The van der Waals surface area contributed by atoms with Gasteiger partial charge in [0.15, 0.2) is 0 Å². The van der Waals surface area contributed by atoms with Crippen LogP contribution >= 0.6 is 0 Å². The minimum atomic E-state index is -0.511. The molecule has 0 aromatic rings. The molecule has 1 radical (unpaired) electrons. The summed E-state index contributed by atoms with van der Waals surface area (Å²) in [6.07, 6.45) is 5.10. The van der Waals surface area contributed by atoms with E-state index in [9.17, 15) is 4.79 Å². The van der Waals surface area contributed by atoms with Crippen molar-refractivity contribution in [2.45, 2.75) is 45.1 Å². The van der Waals surface area contributed by atoms with Crippen LogP contribution in [0.3, 0.4) is 0 Å². The Labute approximate surface area is 80.3 Å². The van der Waals surface area contributed by atoms with E-state index in [1.165, 1.54) is 6.42 Å². The molecule has 0 saturated carbocycles. The highest BCUT2D eigenvalue weighted by atomic mass is 16.2. The Balaban J connectivity index is 2.36. The van der Waals surface area contributed by atoms with Crippen LogP contribution in [0.25, 0.3) is 0 Å². The van der Waals surface area contributed by atoms with Gasteiger partial charge in [0.05, 0.1) is 0 Å². The van der Waals surface area contributed by atoms with E-state index < -0.39 is 6.04 Å². The summed E-state index contributed by atoms with van der Waals surface area (Å²) in [7, 11) is 0. The molecule has 1 unspecified atom stereocenters. The fourth-order valence-electron chi connectivity index (χ4n) is 1.75. The van der Waals surface area contributed by atoms with E-state index in [1.807, 2.05) is 11.8 Å². The first-order valence-corrected chi connectivity index (χ1v) is 5.25. The molecular weight excluding hydrogens is 164 g/mol. The number of nitrogens with zero attached hydrogens (tertiary/aromatic N) is 1. The zero-order valence-electron chi connectivity index (χ0n) is 8.38. The molecule has 0 aliphatic carbocycles. The van der Waals surface area contributed by atoms with Crippen molar-refractivity contribution < 1.29 is 4.79 Å². The summed E-state index contributed by atoms with van der Waals surface area (Å²) < 4.78 is 0. The molecule has 0 spiro atoms. The molecule has 1 heterocycles. The summed E-state index contributed by atoms with van der Waals surface area (Å²) in [6.45, 7) is 3.76. The molecular formula is C10H19N2O. The standard InChI is InChI=1S/C10H19N2O/c1-2-6-9(11)10(13)12-7-4-3-5-8-12/h9,11H,2-8H2,1H3. The average Bonchev–Trinajstić information content (AvgIpc) is 2.18. The molecule has 1 amide bonds. The lowest BCUT2D eigenvalue weighted by Gasteiger charge is -2.28. The fraction of sp³-hybridized carbons (Fsp3) is 0.900. The van der Waals surface area contributed by atoms with Crippen molar-refractivity contribution >= 4 is 5.91 Å². The Hall–Kier alpha value is -0.570. The fourth-order valence-corrected chi connectivity index (χ4v) is 1.75. The van der Waals surface area contributed by atoms with Crippen LogP contribution in [-0.2, 0) is 4.79 Å². The number of nitrogens with one attached hydrogen (secondary N) is 1. The second-order valence-electron chi connectivity index (χ2n) is 3.73. The van der Waals surface area contributed by atoms with Crippen LogP contribution in [0, 0.1) is 0 Å². The molecule has 1 aliphatic rings. The van der Waals surface area contributed by atoms with E-state index >= 15 is 0 Å².